The van der Waals surface area contributed by atoms with E-state index in [4.69, 9.17) is 0 Å². The first-order chi connectivity index (χ1) is 8.06. The lowest BCUT2D eigenvalue weighted by atomic mass is 10.2. The van der Waals surface area contributed by atoms with Crippen LogP contribution in [0, 0.1) is 13.8 Å². The number of benzene rings is 1. The van der Waals surface area contributed by atoms with Crippen molar-refractivity contribution in [2.75, 3.05) is 5.32 Å². The number of nitrogens with one attached hydrogen (secondary N) is 1. The van der Waals surface area contributed by atoms with Crippen LogP contribution in [0.15, 0.2) is 28.9 Å². The van der Waals surface area contributed by atoms with Gasteiger partial charge in [0.05, 0.1) is 16.9 Å². The Morgan fingerprint density at radius 1 is 1.41 bits per heavy atom. The number of halogens is 1. The van der Waals surface area contributed by atoms with Crippen LogP contribution in [0.4, 0.5) is 5.69 Å². The predicted molar refractivity (Wildman–Crippen MR) is 73.7 cm³/mol. The van der Waals surface area contributed by atoms with Gasteiger partial charge >= 0.3 is 0 Å². The molecule has 0 aliphatic heterocycles. The molecular weight excluding hydrogens is 300 g/mol. The number of hydrogen-bond donors (Lipinski definition) is 1. The number of carbonyl (C=O) groups excluding carboxylic acids is 1. The summed E-state index contributed by atoms with van der Waals surface area (Å²) in [5.41, 5.74) is 1.91. The zero-order chi connectivity index (χ0) is 12.4. The highest BCUT2D eigenvalue weighted by molar-refractivity contribution is 9.10. The molecule has 2 aromatic rings. The van der Waals surface area contributed by atoms with Crippen molar-refractivity contribution in [3.63, 3.8) is 0 Å². The van der Waals surface area contributed by atoms with Crippen LogP contribution >= 0.6 is 27.3 Å². The monoisotopic (exact) mass is 310 g/mol. The van der Waals surface area contributed by atoms with Gasteiger partial charge in [-0.15, -0.1) is 11.3 Å². The number of aryl methyl sites for hydroxylation is 2. The lowest BCUT2D eigenvalue weighted by Gasteiger charge is -2.06. The number of thiazole rings is 1. The van der Waals surface area contributed by atoms with E-state index in [0.29, 0.717) is 4.88 Å². The second kappa shape index (κ2) is 4.98. The molecule has 0 bridgehead atoms. The van der Waals surface area contributed by atoms with Crippen LogP contribution in [-0.4, -0.2) is 10.9 Å². The van der Waals surface area contributed by atoms with Crippen molar-refractivity contribution in [2.24, 2.45) is 0 Å². The van der Waals surface area contributed by atoms with E-state index in [1.807, 2.05) is 32.0 Å². The molecule has 0 aliphatic carbocycles. The molecule has 1 aromatic carbocycles. The number of nitrogens with zero attached hydrogens (tertiary/aromatic N) is 1. The minimum atomic E-state index is -0.125. The molecule has 0 saturated heterocycles. The van der Waals surface area contributed by atoms with Gasteiger partial charge in [0.2, 0.25) is 0 Å². The molecule has 0 atom stereocenters. The number of hydrogen-bond acceptors (Lipinski definition) is 3. The van der Waals surface area contributed by atoms with Gasteiger partial charge in [-0.25, -0.2) is 4.98 Å². The van der Waals surface area contributed by atoms with Crippen molar-refractivity contribution in [1.29, 1.82) is 0 Å². The second-order valence-corrected chi connectivity index (χ2v) is 5.77. The maximum absolute atomic E-state index is 11.9. The Bertz CT molecular complexity index is 565. The van der Waals surface area contributed by atoms with Gasteiger partial charge in [0, 0.05) is 4.47 Å². The van der Waals surface area contributed by atoms with E-state index < -0.39 is 0 Å². The van der Waals surface area contributed by atoms with Gasteiger partial charge in [0.25, 0.3) is 5.91 Å². The Kier molecular flexibility index (Phi) is 3.59. The number of amides is 1. The molecule has 0 spiro atoms. The summed E-state index contributed by atoms with van der Waals surface area (Å²) < 4.78 is 0.882. The Morgan fingerprint density at radius 2 is 2.18 bits per heavy atom. The van der Waals surface area contributed by atoms with Crippen LogP contribution in [0.3, 0.4) is 0 Å². The normalized spacial score (nSPS) is 10.3. The highest BCUT2D eigenvalue weighted by atomic mass is 79.9. The second-order valence-electron chi connectivity index (χ2n) is 3.68. The van der Waals surface area contributed by atoms with Crippen LogP contribution < -0.4 is 5.32 Å². The van der Waals surface area contributed by atoms with Crippen LogP contribution in [0.2, 0.25) is 0 Å². The smallest absolute Gasteiger partial charge is 0.267 e. The van der Waals surface area contributed by atoms with Crippen molar-refractivity contribution in [3.05, 3.63) is 44.3 Å². The summed E-state index contributed by atoms with van der Waals surface area (Å²) in [5.74, 6) is -0.125. The fraction of sp³-hybridized carbons (Fsp3) is 0.167. The third-order valence-electron chi connectivity index (χ3n) is 2.22. The molecule has 17 heavy (non-hydrogen) atoms. The van der Waals surface area contributed by atoms with E-state index in [0.717, 1.165) is 20.7 Å². The number of aromatic nitrogens is 1. The van der Waals surface area contributed by atoms with E-state index in [1.54, 1.807) is 6.20 Å². The summed E-state index contributed by atoms with van der Waals surface area (Å²) in [4.78, 5) is 16.6. The lowest BCUT2D eigenvalue weighted by molar-refractivity contribution is 0.103. The standard InChI is InChI=1S/C12H11BrN2OS/c1-7-3-4-10(9(13)5-7)15-12(16)11-6-14-8(2)17-11/h3-6H,1-2H3,(H,15,16). The first-order valence-electron chi connectivity index (χ1n) is 5.06. The summed E-state index contributed by atoms with van der Waals surface area (Å²) in [6.45, 7) is 3.88. The van der Waals surface area contributed by atoms with Crippen LogP contribution in [0.1, 0.15) is 20.2 Å². The molecule has 5 heteroatoms. The molecule has 0 fully saturated rings. The fourth-order valence-corrected chi connectivity index (χ4v) is 2.64. The van der Waals surface area contributed by atoms with Gasteiger partial charge in [0.15, 0.2) is 0 Å². The lowest BCUT2D eigenvalue weighted by Crippen LogP contribution is -2.10. The SMILES string of the molecule is Cc1ccc(NC(=O)c2cnc(C)s2)c(Br)c1. The van der Waals surface area contributed by atoms with Crippen LogP contribution in [-0.2, 0) is 0 Å². The minimum Gasteiger partial charge on any atom is -0.320 e. The van der Waals surface area contributed by atoms with Crippen LogP contribution in [0.5, 0.6) is 0 Å². The van der Waals surface area contributed by atoms with Crippen molar-refractivity contribution in [3.8, 4) is 0 Å². The van der Waals surface area contributed by atoms with Gasteiger partial charge in [-0.1, -0.05) is 6.07 Å². The quantitative estimate of drug-likeness (QED) is 0.917. The van der Waals surface area contributed by atoms with Gasteiger partial charge < -0.3 is 5.32 Å². The van der Waals surface area contributed by atoms with Crippen molar-refractivity contribution in [2.45, 2.75) is 13.8 Å². The average molecular weight is 311 g/mol. The highest BCUT2D eigenvalue weighted by Gasteiger charge is 2.10. The molecule has 1 amide bonds. The molecule has 0 radical (unpaired) electrons. The number of rotatable bonds is 2. The van der Waals surface area contributed by atoms with Gasteiger partial charge in [-0.05, 0) is 47.5 Å². The van der Waals surface area contributed by atoms with E-state index in [2.05, 4.69) is 26.2 Å². The maximum Gasteiger partial charge on any atom is 0.267 e. The van der Waals surface area contributed by atoms with E-state index in [-0.39, 0.29) is 5.91 Å². The molecule has 1 N–H and O–H groups in total. The predicted octanol–water partition coefficient (Wildman–Crippen LogP) is 3.77. The topological polar surface area (TPSA) is 42.0 Å². The van der Waals surface area contributed by atoms with E-state index >= 15 is 0 Å². The largest absolute Gasteiger partial charge is 0.320 e. The molecule has 0 unspecified atom stereocenters. The highest BCUT2D eigenvalue weighted by Crippen LogP contribution is 2.24. The molecule has 3 nitrogen and oxygen atoms in total. The Labute approximate surface area is 112 Å². The molecule has 0 aliphatic rings. The Balaban J connectivity index is 2.18. The molecule has 0 saturated carbocycles. The van der Waals surface area contributed by atoms with Crippen molar-refractivity contribution >= 4 is 38.9 Å². The minimum absolute atomic E-state index is 0.125. The van der Waals surface area contributed by atoms with Gasteiger partial charge in [-0.2, -0.15) is 0 Å². The average Bonchev–Trinajstić information content (AvgIpc) is 2.69. The summed E-state index contributed by atoms with van der Waals surface area (Å²) >= 11 is 4.81. The molecule has 88 valence electrons. The number of anilines is 1. The molecule has 1 aromatic heterocycles. The summed E-state index contributed by atoms with van der Waals surface area (Å²) in [7, 11) is 0. The summed E-state index contributed by atoms with van der Waals surface area (Å²) in [5, 5.41) is 3.74. The molecular formula is C12H11BrN2OS. The third kappa shape index (κ3) is 2.92. The summed E-state index contributed by atoms with van der Waals surface area (Å²) in [6, 6.07) is 5.80. The first-order valence-corrected chi connectivity index (χ1v) is 6.67. The van der Waals surface area contributed by atoms with E-state index in [9.17, 15) is 4.79 Å². The number of carbonyl (C=O) groups is 1. The van der Waals surface area contributed by atoms with Crippen molar-refractivity contribution < 1.29 is 4.79 Å². The zero-order valence-electron chi connectivity index (χ0n) is 9.45. The van der Waals surface area contributed by atoms with Crippen molar-refractivity contribution in [1.82, 2.24) is 4.98 Å². The van der Waals surface area contributed by atoms with E-state index in [1.165, 1.54) is 11.3 Å². The third-order valence-corrected chi connectivity index (χ3v) is 3.79. The van der Waals surface area contributed by atoms with Gasteiger partial charge in [0.1, 0.15) is 4.88 Å². The first kappa shape index (κ1) is 12.3. The fourth-order valence-electron chi connectivity index (χ4n) is 1.37. The Morgan fingerprint density at radius 3 is 2.76 bits per heavy atom. The summed E-state index contributed by atoms with van der Waals surface area (Å²) in [6.07, 6.45) is 1.59. The van der Waals surface area contributed by atoms with Crippen LogP contribution in [0.25, 0.3) is 0 Å². The Hall–Kier alpha value is -1.20. The zero-order valence-corrected chi connectivity index (χ0v) is 11.9. The maximum atomic E-state index is 11.9. The molecule has 1 heterocycles. The van der Waals surface area contributed by atoms with Gasteiger partial charge in [-0.3, -0.25) is 4.79 Å². The molecule has 2 rings (SSSR count).